The van der Waals surface area contributed by atoms with Crippen molar-refractivity contribution in [3.63, 3.8) is 0 Å². The molecule has 2 rings (SSSR count). The van der Waals surface area contributed by atoms with Gasteiger partial charge in [-0.15, -0.1) is 0 Å². The van der Waals surface area contributed by atoms with Crippen LogP contribution in [0.3, 0.4) is 0 Å². The van der Waals surface area contributed by atoms with Crippen molar-refractivity contribution in [1.82, 2.24) is 4.98 Å². The summed E-state index contributed by atoms with van der Waals surface area (Å²) in [6.45, 7) is 0. The number of alkyl halides is 3. The van der Waals surface area contributed by atoms with Gasteiger partial charge in [0.15, 0.2) is 5.75 Å². The molecule has 0 saturated carbocycles. The van der Waals surface area contributed by atoms with Crippen LogP contribution in [0.25, 0.3) is 0 Å². The monoisotopic (exact) mass is 382 g/mol. The minimum Gasteiger partial charge on any atom is -0.434 e. The molecule has 0 unspecified atom stereocenters. The first-order valence-electron chi connectivity index (χ1n) is 5.70. The molecule has 2 aromatic rings. The zero-order valence-electron chi connectivity index (χ0n) is 10.8. The van der Waals surface area contributed by atoms with Gasteiger partial charge in [-0.25, -0.2) is 9.78 Å². The van der Waals surface area contributed by atoms with Gasteiger partial charge < -0.3 is 4.74 Å². The standard InChI is InChI=1S/C13H4Cl3F3N2O2/c14-8-2-7(21-5-22)3-9(15)11(8)23-12-10(16)1-6(4-20-12)13(17,18)19/h1-4H. The molecular formula is C13H4Cl3F3N2O2. The van der Waals surface area contributed by atoms with E-state index >= 15 is 0 Å². The molecule has 0 spiro atoms. The van der Waals surface area contributed by atoms with Crippen LogP contribution in [0, 0.1) is 0 Å². The summed E-state index contributed by atoms with van der Waals surface area (Å²) in [6, 6.07) is 3.17. The Hall–Kier alpha value is -1.79. The third kappa shape index (κ3) is 4.14. The molecule has 1 aromatic heterocycles. The number of aromatic nitrogens is 1. The number of carbonyl (C=O) groups excluding carboxylic acids is 1. The molecule has 0 bridgehead atoms. The number of benzene rings is 1. The van der Waals surface area contributed by atoms with Crippen LogP contribution in [0.15, 0.2) is 29.4 Å². The molecule has 0 aliphatic rings. The van der Waals surface area contributed by atoms with Crippen molar-refractivity contribution in [3.8, 4) is 11.6 Å². The van der Waals surface area contributed by atoms with Crippen LogP contribution in [0.4, 0.5) is 18.9 Å². The number of nitrogens with zero attached hydrogens (tertiary/aromatic N) is 2. The SMILES string of the molecule is O=C=Nc1cc(Cl)c(Oc2ncc(C(F)(F)F)cc2Cl)c(Cl)c1. The molecule has 0 radical (unpaired) electrons. The Morgan fingerprint density at radius 2 is 1.70 bits per heavy atom. The van der Waals surface area contributed by atoms with E-state index in [9.17, 15) is 18.0 Å². The normalized spacial score (nSPS) is 11.0. The molecule has 0 N–H and O–H groups in total. The molecular weight excluding hydrogens is 380 g/mol. The van der Waals surface area contributed by atoms with Crippen LogP contribution in [0.1, 0.15) is 5.56 Å². The molecule has 1 heterocycles. The maximum absolute atomic E-state index is 12.5. The van der Waals surface area contributed by atoms with Crippen LogP contribution in [-0.2, 0) is 11.0 Å². The smallest absolute Gasteiger partial charge is 0.417 e. The fraction of sp³-hybridized carbons (Fsp3) is 0.0769. The molecule has 0 amide bonds. The van der Waals surface area contributed by atoms with Crippen molar-refractivity contribution in [1.29, 1.82) is 0 Å². The van der Waals surface area contributed by atoms with E-state index in [2.05, 4.69) is 9.98 Å². The number of isocyanates is 1. The van der Waals surface area contributed by atoms with Crippen LogP contribution in [-0.4, -0.2) is 11.1 Å². The number of rotatable bonds is 3. The highest BCUT2D eigenvalue weighted by molar-refractivity contribution is 6.37. The van der Waals surface area contributed by atoms with Gasteiger partial charge in [0.1, 0.15) is 5.02 Å². The van der Waals surface area contributed by atoms with Crippen LogP contribution < -0.4 is 4.74 Å². The van der Waals surface area contributed by atoms with Crippen LogP contribution in [0.2, 0.25) is 15.1 Å². The number of aliphatic imine (C=N–C) groups is 1. The molecule has 120 valence electrons. The van der Waals surface area contributed by atoms with E-state index < -0.39 is 11.7 Å². The lowest BCUT2D eigenvalue weighted by Gasteiger charge is -2.12. The molecule has 0 atom stereocenters. The van der Waals surface area contributed by atoms with Gasteiger partial charge in [-0.2, -0.15) is 18.2 Å². The second kappa shape index (κ2) is 6.76. The highest BCUT2D eigenvalue weighted by Gasteiger charge is 2.32. The summed E-state index contributed by atoms with van der Waals surface area (Å²) in [5, 5.41) is -0.449. The number of pyridine rings is 1. The quantitative estimate of drug-likeness (QED) is 0.496. The average molecular weight is 384 g/mol. The van der Waals surface area contributed by atoms with Gasteiger partial charge >= 0.3 is 6.18 Å². The van der Waals surface area contributed by atoms with E-state index in [-0.39, 0.29) is 32.4 Å². The fourth-order valence-corrected chi connectivity index (χ4v) is 2.27. The first kappa shape index (κ1) is 17.6. The molecule has 0 saturated heterocycles. The maximum atomic E-state index is 12.5. The van der Waals surface area contributed by atoms with Gasteiger partial charge in [0, 0.05) is 6.20 Å². The zero-order chi connectivity index (χ0) is 17.2. The largest absolute Gasteiger partial charge is 0.434 e. The highest BCUT2D eigenvalue weighted by atomic mass is 35.5. The number of ether oxygens (including phenoxy) is 1. The Balaban J connectivity index is 2.38. The van der Waals surface area contributed by atoms with Crippen LogP contribution >= 0.6 is 34.8 Å². The van der Waals surface area contributed by atoms with E-state index in [1.54, 1.807) is 0 Å². The Morgan fingerprint density at radius 3 is 2.17 bits per heavy atom. The predicted molar refractivity (Wildman–Crippen MR) is 78.6 cm³/mol. The van der Waals surface area contributed by atoms with E-state index in [1.807, 2.05) is 0 Å². The second-order valence-electron chi connectivity index (χ2n) is 4.05. The highest BCUT2D eigenvalue weighted by Crippen LogP contribution is 2.41. The summed E-state index contributed by atoms with van der Waals surface area (Å²) in [5.41, 5.74) is -0.892. The van der Waals surface area contributed by atoms with E-state index in [1.165, 1.54) is 18.2 Å². The summed E-state index contributed by atoms with van der Waals surface area (Å²) in [7, 11) is 0. The summed E-state index contributed by atoms with van der Waals surface area (Å²) >= 11 is 17.6. The Morgan fingerprint density at radius 1 is 1.09 bits per heavy atom. The van der Waals surface area contributed by atoms with Crippen molar-refractivity contribution >= 4 is 46.6 Å². The van der Waals surface area contributed by atoms with Gasteiger partial charge in [-0.3, -0.25) is 0 Å². The van der Waals surface area contributed by atoms with Gasteiger partial charge in [-0.1, -0.05) is 34.8 Å². The maximum Gasteiger partial charge on any atom is 0.417 e. The minimum absolute atomic E-state index is 0.0377. The molecule has 23 heavy (non-hydrogen) atoms. The topological polar surface area (TPSA) is 51.5 Å². The third-order valence-electron chi connectivity index (χ3n) is 2.49. The van der Waals surface area contributed by atoms with Crippen molar-refractivity contribution < 1.29 is 22.7 Å². The van der Waals surface area contributed by atoms with Gasteiger partial charge in [0.2, 0.25) is 12.0 Å². The lowest BCUT2D eigenvalue weighted by atomic mass is 10.3. The Labute approximate surface area is 142 Å². The number of hydrogen-bond donors (Lipinski definition) is 0. The first-order valence-corrected chi connectivity index (χ1v) is 6.83. The summed E-state index contributed by atoms with van der Waals surface area (Å²) < 4.78 is 42.9. The van der Waals surface area contributed by atoms with Gasteiger partial charge in [0.25, 0.3) is 0 Å². The summed E-state index contributed by atoms with van der Waals surface area (Å²) in [4.78, 5) is 17.0. The molecule has 0 aliphatic carbocycles. The Bertz CT molecular complexity index is 783. The lowest BCUT2D eigenvalue weighted by Crippen LogP contribution is -2.05. The van der Waals surface area contributed by atoms with E-state index in [0.29, 0.717) is 12.3 Å². The minimum atomic E-state index is -4.58. The lowest BCUT2D eigenvalue weighted by molar-refractivity contribution is -0.137. The van der Waals surface area contributed by atoms with Crippen molar-refractivity contribution in [2.24, 2.45) is 4.99 Å². The fourth-order valence-electron chi connectivity index (χ4n) is 1.51. The third-order valence-corrected chi connectivity index (χ3v) is 3.32. The van der Waals surface area contributed by atoms with Crippen LogP contribution in [0.5, 0.6) is 11.6 Å². The van der Waals surface area contributed by atoms with Crippen molar-refractivity contribution in [3.05, 3.63) is 45.0 Å². The summed E-state index contributed by atoms with van der Waals surface area (Å²) in [6.07, 6.45) is -2.71. The summed E-state index contributed by atoms with van der Waals surface area (Å²) in [5.74, 6) is -0.401. The molecule has 0 fully saturated rings. The predicted octanol–water partition coefficient (Wildman–Crippen LogP) is 5.82. The van der Waals surface area contributed by atoms with E-state index in [4.69, 9.17) is 39.5 Å². The van der Waals surface area contributed by atoms with Crippen molar-refractivity contribution in [2.45, 2.75) is 6.18 Å². The zero-order valence-corrected chi connectivity index (χ0v) is 13.1. The van der Waals surface area contributed by atoms with E-state index in [0.717, 1.165) is 0 Å². The molecule has 1 aromatic carbocycles. The molecule has 4 nitrogen and oxygen atoms in total. The Kier molecular flexibility index (Phi) is 5.16. The molecule has 10 heteroatoms. The first-order chi connectivity index (χ1) is 10.7. The van der Waals surface area contributed by atoms with Gasteiger partial charge in [-0.05, 0) is 18.2 Å². The van der Waals surface area contributed by atoms with Gasteiger partial charge in [0.05, 0.1) is 21.3 Å². The number of hydrogen-bond acceptors (Lipinski definition) is 4. The molecule has 0 aliphatic heterocycles. The van der Waals surface area contributed by atoms with Crippen molar-refractivity contribution in [2.75, 3.05) is 0 Å². The second-order valence-corrected chi connectivity index (χ2v) is 5.27. The number of halogens is 6. The average Bonchev–Trinajstić information content (AvgIpc) is 2.43.